The molecule has 0 spiro atoms. The first-order chi connectivity index (χ1) is 16.5. The summed E-state index contributed by atoms with van der Waals surface area (Å²) in [7, 11) is 1.62. The number of hydrogen-bond donors (Lipinski definition) is 0. The molecule has 1 amide bonds. The molecule has 0 N–H and O–H groups in total. The van der Waals surface area contributed by atoms with E-state index >= 15 is 0 Å². The van der Waals surface area contributed by atoms with Crippen molar-refractivity contribution >= 4 is 34.5 Å². The largest absolute Gasteiger partial charge is 0.497 e. The smallest absolute Gasteiger partial charge is 0.264 e. The number of carbonyl (C=O) groups is 1. The van der Waals surface area contributed by atoms with Crippen LogP contribution in [0.2, 0.25) is 5.02 Å². The van der Waals surface area contributed by atoms with Crippen molar-refractivity contribution in [1.82, 2.24) is 15.0 Å². The lowest BCUT2D eigenvalue weighted by Gasteiger charge is -2.36. The fourth-order valence-electron chi connectivity index (χ4n) is 3.98. The molecule has 34 heavy (non-hydrogen) atoms. The molecule has 3 heterocycles. The van der Waals surface area contributed by atoms with Crippen LogP contribution in [0.3, 0.4) is 0 Å². The molecular weight excluding hydrogens is 472 g/mol. The van der Waals surface area contributed by atoms with E-state index in [0.717, 1.165) is 40.0 Å². The Kier molecular flexibility index (Phi) is 6.26. The van der Waals surface area contributed by atoms with Crippen molar-refractivity contribution in [2.24, 2.45) is 0 Å². The minimum atomic E-state index is 0.0255. The van der Waals surface area contributed by atoms with Gasteiger partial charge in [0.2, 0.25) is 5.82 Å². The standard InChI is InChI=1S/C25H23ClN4O3S/c1-16-3-6-18(26)15-20(16)29-11-13-30(14-12-29)25(31)22-10-9-21(34-22)23-27-24(33-28-23)17-4-7-19(32-2)8-5-17/h3-10,15H,11-14H2,1-2H3. The van der Waals surface area contributed by atoms with E-state index < -0.39 is 0 Å². The van der Waals surface area contributed by atoms with Crippen LogP contribution in [0.15, 0.2) is 59.1 Å². The number of hydrogen-bond acceptors (Lipinski definition) is 7. The van der Waals surface area contributed by atoms with Crippen LogP contribution in [0, 0.1) is 6.92 Å². The molecule has 0 unspecified atom stereocenters. The molecule has 9 heteroatoms. The fraction of sp³-hybridized carbons (Fsp3) is 0.240. The van der Waals surface area contributed by atoms with Gasteiger partial charge in [-0.05, 0) is 61.0 Å². The Morgan fingerprint density at radius 1 is 1.06 bits per heavy atom. The molecule has 0 atom stereocenters. The summed E-state index contributed by atoms with van der Waals surface area (Å²) >= 11 is 7.56. The van der Waals surface area contributed by atoms with Crippen molar-refractivity contribution < 1.29 is 14.1 Å². The maximum atomic E-state index is 13.1. The van der Waals surface area contributed by atoms with Gasteiger partial charge in [-0.15, -0.1) is 11.3 Å². The van der Waals surface area contributed by atoms with Gasteiger partial charge in [0, 0.05) is 42.5 Å². The molecule has 1 aliphatic heterocycles. The predicted octanol–water partition coefficient (Wildman–Crippen LogP) is 5.40. The molecular formula is C25H23ClN4O3S. The third-order valence-electron chi connectivity index (χ3n) is 5.88. The molecule has 2 aromatic heterocycles. The van der Waals surface area contributed by atoms with E-state index in [9.17, 15) is 4.79 Å². The molecule has 0 saturated carbocycles. The topological polar surface area (TPSA) is 71.7 Å². The number of carbonyl (C=O) groups excluding carboxylic acids is 1. The number of aromatic nitrogens is 2. The Morgan fingerprint density at radius 3 is 2.56 bits per heavy atom. The number of halogens is 1. The maximum absolute atomic E-state index is 13.1. The third-order valence-corrected chi connectivity index (χ3v) is 7.18. The van der Waals surface area contributed by atoms with Gasteiger partial charge in [-0.25, -0.2) is 0 Å². The lowest BCUT2D eigenvalue weighted by Crippen LogP contribution is -2.48. The first-order valence-electron chi connectivity index (χ1n) is 10.9. The molecule has 7 nitrogen and oxygen atoms in total. The highest BCUT2D eigenvalue weighted by Crippen LogP contribution is 2.30. The summed E-state index contributed by atoms with van der Waals surface area (Å²) in [6.07, 6.45) is 0. The number of amides is 1. The summed E-state index contributed by atoms with van der Waals surface area (Å²) < 4.78 is 10.6. The molecule has 5 rings (SSSR count). The van der Waals surface area contributed by atoms with E-state index in [-0.39, 0.29) is 5.91 Å². The number of methoxy groups -OCH3 is 1. The van der Waals surface area contributed by atoms with Crippen LogP contribution < -0.4 is 9.64 Å². The normalized spacial score (nSPS) is 13.9. The quantitative estimate of drug-likeness (QED) is 0.370. The highest BCUT2D eigenvalue weighted by Gasteiger charge is 2.25. The van der Waals surface area contributed by atoms with Gasteiger partial charge in [-0.1, -0.05) is 22.8 Å². The van der Waals surface area contributed by atoms with Gasteiger partial charge in [0.25, 0.3) is 11.8 Å². The number of aryl methyl sites for hydroxylation is 1. The van der Waals surface area contributed by atoms with E-state index in [4.69, 9.17) is 20.9 Å². The van der Waals surface area contributed by atoms with Crippen molar-refractivity contribution in [2.75, 3.05) is 38.2 Å². The van der Waals surface area contributed by atoms with Gasteiger partial charge < -0.3 is 19.1 Å². The Hall–Kier alpha value is -3.36. The number of piperazine rings is 1. The van der Waals surface area contributed by atoms with Gasteiger partial charge >= 0.3 is 0 Å². The average Bonchev–Trinajstić information content (AvgIpc) is 3.55. The molecule has 1 fully saturated rings. The van der Waals surface area contributed by atoms with E-state index in [1.165, 1.54) is 16.9 Å². The summed E-state index contributed by atoms with van der Waals surface area (Å²) in [5.74, 6) is 1.67. The second kappa shape index (κ2) is 9.48. The van der Waals surface area contributed by atoms with Crippen LogP contribution in [0.1, 0.15) is 15.2 Å². The molecule has 0 aliphatic carbocycles. The molecule has 1 saturated heterocycles. The van der Waals surface area contributed by atoms with Crippen LogP contribution in [0.25, 0.3) is 22.2 Å². The van der Waals surface area contributed by atoms with Crippen molar-refractivity contribution in [3.8, 4) is 27.9 Å². The molecule has 1 aliphatic rings. The van der Waals surface area contributed by atoms with Gasteiger partial charge in [-0.2, -0.15) is 4.98 Å². The molecule has 0 radical (unpaired) electrons. The van der Waals surface area contributed by atoms with Crippen LogP contribution >= 0.6 is 22.9 Å². The fourth-order valence-corrected chi connectivity index (χ4v) is 5.04. The van der Waals surface area contributed by atoms with Gasteiger partial charge in [0.1, 0.15) is 5.75 Å². The Labute approximate surface area is 206 Å². The molecule has 0 bridgehead atoms. The monoisotopic (exact) mass is 494 g/mol. The SMILES string of the molecule is COc1ccc(-c2nc(-c3ccc(C(=O)N4CCN(c5cc(Cl)ccc5C)CC4)s3)no2)cc1. The zero-order valence-corrected chi connectivity index (χ0v) is 20.4. The number of rotatable bonds is 5. The lowest BCUT2D eigenvalue weighted by atomic mass is 10.1. The minimum absolute atomic E-state index is 0.0255. The first-order valence-corrected chi connectivity index (χ1v) is 12.1. The number of nitrogens with zero attached hydrogens (tertiary/aromatic N) is 4. The van der Waals surface area contributed by atoms with Gasteiger partial charge in [-0.3, -0.25) is 4.79 Å². The highest BCUT2D eigenvalue weighted by molar-refractivity contribution is 7.17. The molecule has 174 valence electrons. The van der Waals surface area contributed by atoms with Crippen LogP contribution in [-0.2, 0) is 0 Å². The zero-order chi connectivity index (χ0) is 23.7. The Morgan fingerprint density at radius 2 is 1.82 bits per heavy atom. The molecule has 2 aromatic carbocycles. The predicted molar refractivity (Wildman–Crippen MR) is 134 cm³/mol. The Bertz CT molecular complexity index is 1310. The Balaban J connectivity index is 1.25. The average molecular weight is 495 g/mol. The van der Waals surface area contributed by atoms with Crippen molar-refractivity contribution in [1.29, 1.82) is 0 Å². The van der Waals surface area contributed by atoms with E-state index in [2.05, 4.69) is 22.0 Å². The van der Waals surface area contributed by atoms with Crippen molar-refractivity contribution in [2.45, 2.75) is 6.92 Å². The number of benzene rings is 2. The van der Waals surface area contributed by atoms with Crippen LogP contribution in [0.4, 0.5) is 5.69 Å². The molecule has 4 aromatic rings. The van der Waals surface area contributed by atoms with Crippen molar-refractivity contribution in [3.05, 3.63) is 70.1 Å². The summed E-state index contributed by atoms with van der Waals surface area (Å²) in [6.45, 7) is 4.92. The van der Waals surface area contributed by atoms with Crippen LogP contribution in [0.5, 0.6) is 5.75 Å². The summed E-state index contributed by atoms with van der Waals surface area (Å²) in [4.78, 5) is 23.2. The number of thiophene rings is 1. The van der Waals surface area contributed by atoms with Crippen molar-refractivity contribution in [3.63, 3.8) is 0 Å². The van der Waals surface area contributed by atoms with E-state index in [1.807, 2.05) is 59.5 Å². The van der Waals surface area contributed by atoms with E-state index in [1.54, 1.807) is 7.11 Å². The van der Waals surface area contributed by atoms with Gasteiger partial charge in [0.15, 0.2) is 0 Å². The van der Waals surface area contributed by atoms with Crippen LogP contribution in [-0.4, -0.2) is 54.2 Å². The minimum Gasteiger partial charge on any atom is -0.497 e. The summed E-state index contributed by atoms with van der Waals surface area (Å²) in [6, 6.07) is 17.0. The second-order valence-corrected chi connectivity index (χ2v) is 9.55. The third kappa shape index (κ3) is 4.51. The lowest BCUT2D eigenvalue weighted by molar-refractivity contribution is 0.0751. The number of anilines is 1. The highest BCUT2D eigenvalue weighted by atomic mass is 35.5. The van der Waals surface area contributed by atoms with E-state index in [0.29, 0.717) is 29.7 Å². The first kappa shape index (κ1) is 22.4. The zero-order valence-electron chi connectivity index (χ0n) is 18.8. The maximum Gasteiger partial charge on any atom is 0.264 e. The van der Waals surface area contributed by atoms with Gasteiger partial charge in [0.05, 0.1) is 16.9 Å². The number of ether oxygens (including phenoxy) is 1. The second-order valence-electron chi connectivity index (χ2n) is 8.03. The summed E-state index contributed by atoms with van der Waals surface area (Å²) in [5.41, 5.74) is 3.11. The summed E-state index contributed by atoms with van der Waals surface area (Å²) in [5, 5.41) is 4.82.